The SMILES string of the molecule is C=C(NC1CCCCC1)C12CCC(c3ccc(NC/C(=C/F)CN)cc3)(CC1)CC2. The Morgan fingerprint density at radius 1 is 1.03 bits per heavy atom. The van der Waals surface area contributed by atoms with E-state index >= 15 is 0 Å². The first kappa shape index (κ1) is 21.4. The van der Waals surface area contributed by atoms with Gasteiger partial charge in [-0.1, -0.05) is 38.0 Å². The molecule has 0 spiro atoms. The molecular weight excluding hydrogens is 373 g/mol. The fourth-order valence-corrected chi connectivity index (χ4v) is 6.03. The van der Waals surface area contributed by atoms with Crippen molar-refractivity contribution >= 4 is 5.69 Å². The van der Waals surface area contributed by atoms with Gasteiger partial charge >= 0.3 is 0 Å². The van der Waals surface area contributed by atoms with Gasteiger partial charge in [0, 0.05) is 35.9 Å². The highest BCUT2D eigenvalue weighted by Crippen LogP contribution is 2.60. The van der Waals surface area contributed by atoms with Crippen LogP contribution in [0, 0.1) is 5.41 Å². The van der Waals surface area contributed by atoms with Crippen LogP contribution in [0.25, 0.3) is 0 Å². The highest BCUT2D eigenvalue weighted by Gasteiger charge is 2.50. The lowest BCUT2D eigenvalue weighted by Gasteiger charge is -2.55. The average Bonchev–Trinajstić information content (AvgIpc) is 2.82. The second kappa shape index (κ2) is 9.13. The Morgan fingerprint density at radius 3 is 2.23 bits per heavy atom. The van der Waals surface area contributed by atoms with Crippen LogP contribution in [0.15, 0.2) is 48.4 Å². The molecule has 4 heteroatoms. The Bertz CT molecular complexity index is 736. The first-order chi connectivity index (χ1) is 14.6. The van der Waals surface area contributed by atoms with E-state index in [0.717, 1.165) is 5.69 Å². The van der Waals surface area contributed by atoms with E-state index in [0.29, 0.717) is 35.3 Å². The fraction of sp³-hybridized carbons (Fsp3) is 0.615. The van der Waals surface area contributed by atoms with Gasteiger partial charge in [0.15, 0.2) is 0 Å². The van der Waals surface area contributed by atoms with E-state index in [2.05, 4.69) is 41.5 Å². The number of benzene rings is 1. The lowest BCUT2D eigenvalue weighted by Crippen LogP contribution is -2.48. The predicted molar refractivity (Wildman–Crippen MR) is 124 cm³/mol. The van der Waals surface area contributed by atoms with E-state index in [9.17, 15) is 4.39 Å². The molecule has 4 N–H and O–H groups in total. The minimum atomic E-state index is 0.243. The minimum absolute atomic E-state index is 0.243. The molecule has 0 radical (unpaired) electrons. The van der Waals surface area contributed by atoms with Crippen LogP contribution in [0.5, 0.6) is 0 Å². The summed E-state index contributed by atoms with van der Waals surface area (Å²) >= 11 is 0. The monoisotopic (exact) mass is 411 g/mol. The van der Waals surface area contributed by atoms with Crippen molar-refractivity contribution in [1.82, 2.24) is 5.32 Å². The molecule has 4 aliphatic rings. The molecule has 164 valence electrons. The van der Waals surface area contributed by atoms with E-state index in [1.54, 1.807) is 0 Å². The van der Waals surface area contributed by atoms with Crippen molar-refractivity contribution in [3.63, 3.8) is 0 Å². The Hall–Kier alpha value is -1.81. The number of allylic oxidation sites excluding steroid dienone is 1. The first-order valence-electron chi connectivity index (χ1n) is 11.9. The van der Waals surface area contributed by atoms with Crippen molar-refractivity contribution in [1.29, 1.82) is 0 Å². The Labute approximate surface area is 181 Å². The molecule has 0 saturated heterocycles. The molecule has 0 aliphatic heterocycles. The van der Waals surface area contributed by atoms with Crippen molar-refractivity contribution in [2.24, 2.45) is 11.1 Å². The van der Waals surface area contributed by atoms with Crippen LogP contribution in [0.2, 0.25) is 0 Å². The molecule has 0 amide bonds. The van der Waals surface area contributed by atoms with E-state index in [-0.39, 0.29) is 6.54 Å². The molecule has 5 rings (SSSR count). The molecule has 1 aromatic rings. The molecule has 0 atom stereocenters. The van der Waals surface area contributed by atoms with Gasteiger partial charge in [0.05, 0.1) is 6.33 Å². The maximum atomic E-state index is 12.7. The largest absolute Gasteiger partial charge is 0.386 e. The predicted octanol–water partition coefficient (Wildman–Crippen LogP) is 5.94. The lowest BCUT2D eigenvalue weighted by molar-refractivity contribution is 0.0623. The average molecular weight is 412 g/mol. The Morgan fingerprint density at radius 2 is 1.67 bits per heavy atom. The summed E-state index contributed by atoms with van der Waals surface area (Å²) in [6.07, 6.45) is 14.9. The number of rotatable bonds is 8. The Kier molecular flexibility index (Phi) is 6.52. The quantitative estimate of drug-likeness (QED) is 0.496. The molecule has 4 aliphatic carbocycles. The highest BCUT2D eigenvalue weighted by molar-refractivity contribution is 5.47. The molecule has 0 heterocycles. The van der Waals surface area contributed by atoms with Crippen molar-refractivity contribution in [2.75, 3.05) is 18.4 Å². The van der Waals surface area contributed by atoms with Gasteiger partial charge in [0.25, 0.3) is 0 Å². The maximum Gasteiger partial charge on any atom is 0.0889 e. The number of hydrogen-bond donors (Lipinski definition) is 3. The van der Waals surface area contributed by atoms with Gasteiger partial charge in [-0.2, -0.15) is 0 Å². The van der Waals surface area contributed by atoms with E-state index < -0.39 is 0 Å². The third kappa shape index (κ3) is 4.30. The number of nitrogens with one attached hydrogen (secondary N) is 2. The van der Waals surface area contributed by atoms with Crippen LogP contribution >= 0.6 is 0 Å². The van der Waals surface area contributed by atoms with E-state index in [1.165, 1.54) is 81.9 Å². The lowest BCUT2D eigenvalue weighted by atomic mass is 9.51. The maximum absolute atomic E-state index is 12.7. The standard InChI is InChI=1S/C26H38FN3/c1-20(30-24-5-3-2-4-6-24)25-11-14-26(15-12-25,16-13-25)22-7-9-23(10-8-22)29-19-21(17-27)18-28/h7-10,17,24,29-30H,1-6,11-16,18-19,28H2/b21-17+. The second-order valence-electron chi connectivity index (χ2n) is 9.92. The zero-order chi connectivity index (χ0) is 21.0. The normalized spacial score (nSPS) is 29.6. The minimum Gasteiger partial charge on any atom is -0.386 e. The van der Waals surface area contributed by atoms with Crippen molar-refractivity contribution in [2.45, 2.75) is 82.1 Å². The molecule has 1 aromatic carbocycles. The van der Waals surface area contributed by atoms with Crippen molar-refractivity contribution in [3.05, 3.63) is 54.0 Å². The third-order valence-corrected chi connectivity index (χ3v) is 8.30. The fourth-order valence-electron chi connectivity index (χ4n) is 6.03. The number of fused-ring (bicyclic) bond motifs is 3. The highest BCUT2D eigenvalue weighted by atomic mass is 19.1. The first-order valence-corrected chi connectivity index (χ1v) is 11.9. The van der Waals surface area contributed by atoms with Gasteiger partial charge in [0.1, 0.15) is 0 Å². The molecule has 30 heavy (non-hydrogen) atoms. The summed E-state index contributed by atoms with van der Waals surface area (Å²) in [5, 5.41) is 7.12. The zero-order valence-electron chi connectivity index (χ0n) is 18.3. The molecule has 2 bridgehead atoms. The van der Waals surface area contributed by atoms with Crippen molar-refractivity contribution in [3.8, 4) is 0 Å². The van der Waals surface area contributed by atoms with E-state index in [4.69, 9.17) is 5.73 Å². The smallest absolute Gasteiger partial charge is 0.0889 e. The zero-order valence-corrected chi connectivity index (χ0v) is 18.3. The number of halogens is 1. The van der Waals surface area contributed by atoms with Gasteiger partial charge in [-0.15, -0.1) is 0 Å². The summed E-state index contributed by atoms with van der Waals surface area (Å²) in [6, 6.07) is 9.47. The molecule has 0 unspecified atom stereocenters. The summed E-state index contributed by atoms with van der Waals surface area (Å²) in [5.41, 5.74) is 10.6. The summed E-state index contributed by atoms with van der Waals surface area (Å²) in [4.78, 5) is 0. The number of anilines is 1. The van der Waals surface area contributed by atoms with Crippen LogP contribution in [0.4, 0.5) is 10.1 Å². The van der Waals surface area contributed by atoms with Crippen LogP contribution in [-0.4, -0.2) is 19.1 Å². The van der Waals surface area contributed by atoms with Crippen LogP contribution in [-0.2, 0) is 5.41 Å². The summed E-state index contributed by atoms with van der Waals surface area (Å²) < 4.78 is 12.7. The topological polar surface area (TPSA) is 50.1 Å². The number of nitrogens with two attached hydrogens (primary N) is 1. The summed E-state index contributed by atoms with van der Waals surface area (Å²) in [5.74, 6) is 0. The van der Waals surface area contributed by atoms with Gasteiger partial charge in [-0.05, 0) is 80.1 Å². The molecule has 0 aromatic heterocycles. The number of hydrogen-bond acceptors (Lipinski definition) is 3. The van der Waals surface area contributed by atoms with Crippen molar-refractivity contribution < 1.29 is 4.39 Å². The van der Waals surface area contributed by atoms with Gasteiger partial charge < -0.3 is 16.4 Å². The Balaban J connectivity index is 1.36. The molecule has 3 nitrogen and oxygen atoms in total. The van der Waals surface area contributed by atoms with Crippen LogP contribution < -0.4 is 16.4 Å². The second-order valence-corrected chi connectivity index (χ2v) is 9.92. The molecule has 4 fully saturated rings. The summed E-state index contributed by atoms with van der Waals surface area (Å²) in [6.45, 7) is 5.23. The van der Waals surface area contributed by atoms with Gasteiger partial charge in [-0.3, -0.25) is 0 Å². The molecular formula is C26H38FN3. The van der Waals surface area contributed by atoms with E-state index in [1.807, 2.05) is 0 Å². The van der Waals surface area contributed by atoms with Gasteiger partial charge in [-0.25, -0.2) is 4.39 Å². The van der Waals surface area contributed by atoms with Gasteiger partial charge in [0.2, 0.25) is 0 Å². The third-order valence-electron chi connectivity index (χ3n) is 8.30. The molecule has 4 saturated carbocycles. The van der Waals surface area contributed by atoms with Crippen LogP contribution in [0.1, 0.15) is 76.2 Å². The van der Waals surface area contributed by atoms with Crippen LogP contribution in [0.3, 0.4) is 0 Å². The summed E-state index contributed by atoms with van der Waals surface area (Å²) in [7, 11) is 0.